The summed E-state index contributed by atoms with van der Waals surface area (Å²) in [6.07, 6.45) is 6.22. The number of nitrogens with zero attached hydrogens (tertiary/aromatic N) is 2. The number of imidazole rings is 1. The average Bonchev–Trinajstić information content (AvgIpc) is 2.74. The van der Waals surface area contributed by atoms with Crippen LogP contribution in [0.25, 0.3) is 5.52 Å². The second kappa shape index (κ2) is 4.22. The van der Waals surface area contributed by atoms with Gasteiger partial charge in [-0.15, -0.1) is 0 Å². The maximum absolute atomic E-state index is 6.15. The summed E-state index contributed by atoms with van der Waals surface area (Å²) >= 11 is 6.15. The van der Waals surface area contributed by atoms with E-state index >= 15 is 0 Å². The van der Waals surface area contributed by atoms with Gasteiger partial charge in [0.25, 0.3) is 0 Å². The maximum atomic E-state index is 6.15. The molecule has 1 aromatic carbocycles. The summed E-state index contributed by atoms with van der Waals surface area (Å²) in [5.74, 6) is 0. The number of fused-ring (bicyclic) bond motifs is 1. The lowest BCUT2D eigenvalue weighted by Crippen LogP contribution is -2.31. The van der Waals surface area contributed by atoms with Crippen LogP contribution < -0.4 is 4.57 Å². The molecule has 84 valence electrons. The molecule has 0 unspecified atom stereocenters. The largest absolute Gasteiger partial charge is 0.249 e. The molecule has 3 heteroatoms. The summed E-state index contributed by atoms with van der Waals surface area (Å²) in [5, 5.41) is 0.815. The van der Waals surface area contributed by atoms with E-state index < -0.39 is 0 Å². The van der Waals surface area contributed by atoms with Crippen LogP contribution in [0.15, 0.2) is 61.2 Å². The van der Waals surface area contributed by atoms with E-state index in [0.717, 1.165) is 17.1 Å². The molecular formula is C14H12ClN2+. The third-order valence-corrected chi connectivity index (χ3v) is 3.17. The fourth-order valence-corrected chi connectivity index (χ4v) is 2.15. The van der Waals surface area contributed by atoms with E-state index in [4.69, 9.17) is 11.6 Å². The first-order chi connectivity index (χ1) is 8.33. The molecule has 0 aliphatic heterocycles. The van der Waals surface area contributed by atoms with Crippen molar-refractivity contribution < 1.29 is 4.57 Å². The lowest BCUT2D eigenvalue weighted by Gasteiger charge is -1.99. The van der Waals surface area contributed by atoms with E-state index in [1.807, 2.05) is 36.5 Å². The minimum absolute atomic E-state index is 0.793. The van der Waals surface area contributed by atoms with Gasteiger partial charge in [0.05, 0.1) is 6.20 Å². The minimum Gasteiger partial charge on any atom is -0.232 e. The van der Waals surface area contributed by atoms with Crippen molar-refractivity contribution in [3.63, 3.8) is 0 Å². The van der Waals surface area contributed by atoms with Crippen LogP contribution in [0.3, 0.4) is 0 Å². The fraction of sp³-hybridized carbons (Fsp3) is 0.0714. The molecule has 2 heterocycles. The summed E-state index contributed by atoms with van der Waals surface area (Å²) in [7, 11) is 0. The Morgan fingerprint density at radius 3 is 2.71 bits per heavy atom. The Labute approximate surface area is 105 Å². The molecule has 0 spiro atoms. The van der Waals surface area contributed by atoms with E-state index in [1.54, 1.807) is 0 Å². The molecule has 0 aliphatic carbocycles. The molecule has 17 heavy (non-hydrogen) atoms. The van der Waals surface area contributed by atoms with Crippen LogP contribution in [-0.4, -0.2) is 4.40 Å². The maximum Gasteiger partial charge on any atom is 0.249 e. The molecule has 3 rings (SSSR count). The lowest BCUT2D eigenvalue weighted by molar-refractivity contribution is -0.686. The van der Waals surface area contributed by atoms with Crippen molar-refractivity contribution in [3.8, 4) is 0 Å². The predicted octanol–water partition coefficient (Wildman–Crippen LogP) is 2.93. The summed E-state index contributed by atoms with van der Waals surface area (Å²) in [4.78, 5) is 0. The molecule has 0 amide bonds. The van der Waals surface area contributed by atoms with Crippen LogP contribution in [0, 0.1) is 0 Å². The average molecular weight is 244 g/mol. The van der Waals surface area contributed by atoms with Gasteiger partial charge in [-0.25, -0.2) is 8.97 Å². The quantitative estimate of drug-likeness (QED) is 0.612. The first kappa shape index (κ1) is 10.4. The standard InChI is InChI=1S/C14H12ClN2/c15-14-7-2-1-5-12(14)9-16-10-13-6-3-4-8-17(13)11-16/h1-8,10-11H,9H2/q+1. The van der Waals surface area contributed by atoms with Crippen LogP contribution >= 0.6 is 11.6 Å². The normalized spacial score (nSPS) is 10.9. The van der Waals surface area contributed by atoms with Crippen molar-refractivity contribution in [1.82, 2.24) is 4.40 Å². The Morgan fingerprint density at radius 2 is 1.88 bits per heavy atom. The number of rotatable bonds is 2. The zero-order valence-electron chi connectivity index (χ0n) is 9.25. The molecule has 0 saturated heterocycles. The Bertz CT molecular complexity index is 625. The van der Waals surface area contributed by atoms with Crippen LogP contribution in [0.2, 0.25) is 5.02 Å². The van der Waals surface area contributed by atoms with Gasteiger partial charge in [-0.05, 0) is 18.2 Å². The molecule has 0 fully saturated rings. The van der Waals surface area contributed by atoms with Crippen molar-refractivity contribution in [1.29, 1.82) is 0 Å². The van der Waals surface area contributed by atoms with E-state index in [9.17, 15) is 0 Å². The Morgan fingerprint density at radius 1 is 1.06 bits per heavy atom. The Hall–Kier alpha value is -1.80. The highest BCUT2D eigenvalue weighted by atomic mass is 35.5. The van der Waals surface area contributed by atoms with Crippen molar-refractivity contribution in [3.05, 3.63) is 71.8 Å². The SMILES string of the molecule is Clc1ccccc1C[n+]1cc2ccccn2c1. The minimum atomic E-state index is 0.793. The molecule has 0 radical (unpaired) electrons. The second-order valence-electron chi connectivity index (χ2n) is 4.04. The third-order valence-electron chi connectivity index (χ3n) is 2.80. The highest BCUT2D eigenvalue weighted by molar-refractivity contribution is 6.31. The van der Waals surface area contributed by atoms with Crippen LogP contribution in [0.5, 0.6) is 0 Å². The van der Waals surface area contributed by atoms with E-state index in [1.165, 1.54) is 5.52 Å². The number of pyridine rings is 1. The third kappa shape index (κ3) is 2.04. The predicted molar refractivity (Wildman–Crippen MR) is 68.1 cm³/mol. The summed E-state index contributed by atoms with van der Waals surface area (Å²) < 4.78 is 4.23. The zero-order chi connectivity index (χ0) is 11.7. The Balaban J connectivity index is 1.98. The van der Waals surface area contributed by atoms with Crippen molar-refractivity contribution in [2.75, 3.05) is 0 Å². The molecule has 0 atom stereocenters. The first-order valence-electron chi connectivity index (χ1n) is 5.52. The number of hydrogen-bond donors (Lipinski definition) is 0. The van der Waals surface area contributed by atoms with Crippen LogP contribution in [-0.2, 0) is 6.54 Å². The molecule has 0 aliphatic rings. The van der Waals surface area contributed by atoms with Gasteiger partial charge in [0.1, 0.15) is 12.7 Å². The molecule has 0 bridgehead atoms. The van der Waals surface area contributed by atoms with Gasteiger partial charge in [-0.3, -0.25) is 0 Å². The first-order valence-corrected chi connectivity index (χ1v) is 5.90. The highest BCUT2D eigenvalue weighted by Gasteiger charge is 2.07. The Kier molecular flexibility index (Phi) is 2.57. The number of halogens is 1. The zero-order valence-corrected chi connectivity index (χ0v) is 10.0. The van der Waals surface area contributed by atoms with Crippen LogP contribution in [0.1, 0.15) is 5.56 Å². The van der Waals surface area contributed by atoms with Gasteiger partial charge in [0.15, 0.2) is 5.52 Å². The topological polar surface area (TPSA) is 8.29 Å². The lowest BCUT2D eigenvalue weighted by atomic mass is 10.2. The summed E-state index contributed by atoms with van der Waals surface area (Å²) in [5.41, 5.74) is 2.31. The van der Waals surface area contributed by atoms with E-state index in [-0.39, 0.29) is 0 Å². The molecule has 2 nitrogen and oxygen atoms in total. The molecule has 2 aromatic heterocycles. The molecule has 3 aromatic rings. The summed E-state index contributed by atoms with van der Waals surface area (Å²) in [6, 6.07) is 14.1. The number of hydrogen-bond acceptors (Lipinski definition) is 0. The number of aromatic nitrogens is 2. The monoisotopic (exact) mass is 243 g/mol. The fourth-order valence-electron chi connectivity index (χ4n) is 1.96. The van der Waals surface area contributed by atoms with Crippen molar-refractivity contribution in [2.24, 2.45) is 0 Å². The molecular weight excluding hydrogens is 232 g/mol. The van der Waals surface area contributed by atoms with Gasteiger partial charge < -0.3 is 0 Å². The second-order valence-corrected chi connectivity index (χ2v) is 4.45. The molecule has 0 saturated carbocycles. The van der Waals surface area contributed by atoms with Gasteiger partial charge >= 0.3 is 0 Å². The van der Waals surface area contributed by atoms with Gasteiger partial charge in [0.2, 0.25) is 6.33 Å². The van der Waals surface area contributed by atoms with E-state index in [2.05, 4.69) is 33.6 Å². The van der Waals surface area contributed by atoms with Crippen molar-refractivity contribution >= 4 is 17.1 Å². The highest BCUT2D eigenvalue weighted by Crippen LogP contribution is 2.14. The van der Waals surface area contributed by atoms with Crippen molar-refractivity contribution in [2.45, 2.75) is 6.54 Å². The van der Waals surface area contributed by atoms with Crippen LogP contribution in [0.4, 0.5) is 0 Å². The van der Waals surface area contributed by atoms with Gasteiger partial charge in [-0.2, -0.15) is 0 Å². The molecule has 0 N–H and O–H groups in total. The van der Waals surface area contributed by atoms with Gasteiger partial charge in [0, 0.05) is 10.6 Å². The smallest absolute Gasteiger partial charge is 0.232 e. The van der Waals surface area contributed by atoms with Gasteiger partial charge in [-0.1, -0.05) is 35.9 Å². The van der Waals surface area contributed by atoms with E-state index in [0.29, 0.717) is 0 Å². The number of benzene rings is 1. The summed E-state index contributed by atoms with van der Waals surface area (Å²) in [6.45, 7) is 0.793.